The molecule has 20 heavy (non-hydrogen) atoms. The fourth-order valence-electron chi connectivity index (χ4n) is 2.22. The molecule has 5 nitrogen and oxygen atoms in total. The molecule has 0 spiro atoms. The van der Waals surface area contributed by atoms with Crippen molar-refractivity contribution in [1.29, 1.82) is 0 Å². The van der Waals surface area contributed by atoms with Gasteiger partial charge in [0.25, 0.3) is 0 Å². The quantitative estimate of drug-likeness (QED) is 0.811. The van der Waals surface area contributed by atoms with Crippen molar-refractivity contribution in [2.45, 2.75) is 58.5 Å². The van der Waals surface area contributed by atoms with Crippen molar-refractivity contribution in [3.05, 3.63) is 17.1 Å². The van der Waals surface area contributed by atoms with Crippen LogP contribution in [0, 0.1) is 19.8 Å². The van der Waals surface area contributed by atoms with Gasteiger partial charge in [-0.1, -0.05) is 20.3 Å². The molecular formula is C14H26N2O3S. The van der Waals surface area contributed by atoms with E-state index < -0.39 is 10.0 Å². The second-order valence-corrected chi connectivity index (χ2v) is 7.00. The highest BCUT2D eigenvalue weighted by Gasteiger charge is 2.28. The molecule has 1 heterocycles. The van der Waals surface area contributed by atoms with E-state index in [1.807, 2.05) is 13.8 Å². The maximum absolute atomic E-state index is 12.6. The Morgan fingerprint density at radius 1 is 1.20 bits per heavy atom. The van der Waals surface area contributed by atoms with E-state index in [-0.39, 0.29) is 16.9 Å². The molecule has 0 fully saturated rings. The van der Waals surface area contributed by atoms with Gasteiger partial charge < -0.3 is 9.73 Å². The van der Waals surface area contributed by atoms with Crippen LogP contribution >= 0.6 is 0 Å². The van der Waals surface area contributed by atoms with E-state index in [0.29, 0.717) is 23.6 Å². The van der Waals surface area contributed by atoms with Crippen LogP contribution in [0.25, 0.3) is 0 Å². The second-order valence-electron chi connectivity index (χ2n) is 5.35. The molecule has 1 rings (SSSR count). The summed E-state index contributed by atoms with van der Waals surface area (Å²) in [7, 11) is -1.78. The molecule has 1 aromatic heterocycles. The third kappa shape index (κ3) is 3.62. The maximum Gasteiger partial charge on any atom is 0.244 e. The van der Waals surface area contributed by atoms with Gasteiger partial charge in [0.1, 0.15) is 16.4 Å². The SMILES string of the molecule is CCC(C)C(C)NS(=O)(=O)c1c(C)oc(C)c1CNC. The van der Waals surface area contributed by atoms with Crippen molar-refractivity contribution >= 4 is 10.0 Å². The molecule has 2 atom stereocenters. The Morgan fingerprint density at radius 2 is 1.80 bits per heavy atom. The highest BCUT2D eigenvalue weighted by Crippen LogP contribution is 2.27. The molecule has 0 aromatic carbocycles. The first-order valence-corrected chi connectivity index (χ1v) is 8.48. The summed E-state index contributed by atoms with van der Waals surface area (Å²) in [5.74, 6) is 1.37. The lowest BCUT2D eigenvalue weighted by Crippen LogP contribution is -2.37. The van der Waals surface area contributed by atoms with Crippen LogP contribution in [0.15, 0.2) is 9.31 Å². The lowest BCUT2D eigenvalue weighted by Gasteiger charge is -2.20. The van der Waals surface area contributed by atoms with E-state index in [4.69, 9.17) is 4.42 Å². The average Bonchev–Trinajstić information content (AvgIpc) is 2.63. The smallest absolute Gasteiger partial charge is 0.244 e. The first-order valence-electron chi connectivity index (χ1n) is 7.00. The number of furan rings is 1. The van der Waals surface area contributed by atoms with E-state index in [1.165, 1.54) is 0 Å². The minimum atomic E-state index is -3.56. The number of rotatable bonds is 7. The first kappa shape index (κ1) is 17.2. The van der Waals surface area contributed by atoms with Crippen molar-refractivity contribution in [1.82, 2.24) is 10.0 Å². The van der Waals surface area contributed by atoms with Gasteiger partial charge in [0.2, 0.25) is 10.0 Å². The van der Waals surface area contributed by atoms with Crippen LogP contribution in [0.3, 0.4) is 0 Å². The molecule has 2 N–H and O–H groups in total. The van der Waals surface area contributed by atoms with Crippen molar-refractivity contribution in [3.63, 3.8) is 0 Å². The Morgan fingerprint density at radius 3 is 2.30 bits per heavy atom. The third-order valence-corrected chi connectivity index (χ3v) is 5.54. The van der Waals surface area contributed by atoms with Gasteiger partial charge in [-0.3, -0.25) is 0 Å². The van der Waals surface area contributed by atoms with Crippen LogP contribution in [0.2, 0.25) is 0 Å². The van der Waals surface area contributed by atoms with Crippen molar-refractivity contribution < 1.29 is 12.8 Å². The van der Waals surface area contributed by atoms with Crippen molar-refractivity contribution in [2.75, 3.05) is 7.05 Å². The predicted octanol–water partition coefficient (Wildman–Crippen LogP) is 2.33. The molecule has 0 saturated carbocycles. The summed E-state index contributed by atoms with van der Waals surface area (Å²) in [5, 5.41) is 2.99. The normalized spacial score (nSPS) is 15.3. The highest BCUT2D eigenvalue weighted by molar-refractivity contribution is 7.89. The minimum absolute atomic E-state index is 0.109. The van der Waals surface area contributed by atoms with Crippen LogP contribution in [-0.4, -0.2) is 21.5 Å². The van der Waals surface area contributed by atoms with Crippen molar-refractivity contribution in [2.24, 2.45) is 5.92 Å². The van der Waals surface area contributed by atoms with Crippen molar-refractivity contribution in [3.8, 4) is 0 Å². The lowest BCUT2D eigenvalue weighted by molar-refractivity contribution is 0.433. The van der Waals surface area contributed by atoms with Crippen LogP contribution in [-0.2, 0) is 16.6 Å². The number of hydrogen-bond acceptors (Lipinski definition) is 4. The summed E-state index contributed by atoms with van der Waals surface area (Å²) in [5.41, 5.74) is 0.703. The molecule has 0 aliphatic carbocycles. The summed E-state index contributed by atoms with van der Waals surface area (Å²) in [6.45, 7) is 9.93. The van der Waals surface area contributed by atoms with Gasteiger partial charge in [-0.15, -0.1) is 0 Å². The van der Waals surface area contributed by atoms with Gasteiger partial charge in [-0.25, -0.2) is 13.1 Å². The second kappa shape index (κ2) is 6.74. The Bertz CT molecular complexity index is 549. The van der Waals surface area contributed by atoms with Gasteiger partial charge in [0.05, 0.1) is 0 Å². The minimum Gasteiger partial charge on any atom is -0.465 e. The number of hydrogen-bond donors (Lipinski definition) is 2. The van der Waals surface area contributed by atoms with E-state index in [9.17, 15) is 8.42 Å². The van der Waals surface area contributed by atoms with Gasteiger partial charge in [-0.05, 0) is 33.7 Å². The Kier molecular flexibility index (Phi) is 5.79. The fourth-order valence-corrected chi connectivity index (χ4v) is 4.02. The van der Waals surface area contributed by atoms with E-state index >= 15 is 0 Å². The molecule has 116 valence electrons. The Balaban J connectivity index is 3.15. The number of aryl methyl sites for hydroxylation is 2. The van der Waals surface area contributed by atoms with Gasteiger partial charge in [0, 0.05) is 18.2 Å². The largest absolute Gasteiger partial charge is 0.465 e. The molecule has 0 radical (unpaired) electrons. The van der Waals surface area contributed by atoms with E-state index in [1.54, 1.807) is 20.9 Å². The standard InChI is InChI=1S/C14H26N2O3S/c1-7-9(2)10(3)16-20(17,18)14-12(5)19-11(4)13(14)8-15-6/h9-10,15-16H,7-8H2,1-6H3. The molecule has 0 amide bonds. The molecule has 2 unspecified atom stereocenters. The molecule has 6 heteroatoms. The topological polar surface area (TPSA) is 71.3 Å². The monoisotopic (exact) mass is 302 g/mol. The summed E-state index contributed by atoms with van der Waals surface area (Å²) < 4.78 is 33.4. The number of sulfonamides is 1. The molecule has 0 aliphatic heterocycles. The predicted molar refractivity (Wildman–Crippen MR) is 80.2 cm³/mol. The number of nitrogens with one attached hydrogen (secondary N) is 2. The Hall–Kier alpha value is -0.850. The van der Waals surface area contributed by atoms with Gasteiger partial charge in [0.15, 0.2) is 0 Å². The van der Waals surface area contributed by atoms with Crippen LogP contribution < -0.4 is 10.0 Å². The molecular weight excluding hydrogens is 276 g/mol. The summed E-state index contributed by atoms with van der Waals surface area (Å²) in [6, 6.07) is -0.109. The first-order chi connectivity index (χ1) is 9.24. The third-order valence-electron chi connectivity index (χ3n) is 3.79. The van der Waals surface area contributed by atoms with E-state index in [2.05, 4.69) is 17.0 Å². The zero-order valence-corrected chi connectivity index (χ0v) is 14.0. The average molecular weight is 302 g/mol. The fraction of sp³-hybridized carbons (Fsp3) is 0.714. The van der Waals surface area contributed by atoms with Crippen LogP contribution in [0.4, 0.5) is 0 Å². The molecule has 0 saturated heterocycles. The summed E-state index contributed by atoms with van der Waals surface area (Å²) >= 11 is 0. The van der Waals surface area contributed by atoms with E-state index in [0.717, 1.165) is 6.42 Å². The molecule has 1 aromatic rings. The summed E-state index contributed by atoms with van der Waals surface area (Å²) in [4.78, 5) is 0.277. The maximum atomic E-state index is 12.6. The molecule has 0 bridgehead atoms. The highest BCUT2D eigenvalue weighted by atomic mass is 32.2. The molecule has 0 aliphatic rings. The lowest BCUT2D eigenvalue weighted by atomic mass is 10.0. The van der Waals surface area contributed by atoms with Gasteiger partial charge in [-0.2, -0.15) is 0 Å². The van der Waals surface area contributed by atoms with Gasteiger partial charge >= 0.3 is 0 Å². The zero-order valence-electron chi connectivity index (χ0n) is 13.2. The van der Waals surface area contributed by atoms with Crippen LogP contribution in [0.5, 0.6) is 0 Å². The zero-order chi connectivity index (χ0) is 15.5. The summed E-state index contributed by atoms with van der Waals surface area (Å²) in [6.07, 6.45) is 0.927. The van der Waals surface area contributed by atoms with Crippen LogP contribution in [0.1, 0.15) is 44.3 Å². The Labute approximate surface area is 122 Å².